The van der Waals surface area contributed by atoms with Crippen LogP contribution in [-0.4, -0.2) is 24.9 Å². The Balaban J connectivity index is 1.62. The van der Waals surface area contributed by atoms with Crippen molar-refractivity contribution in [2.24, 2.45) is 0 Å². The molecular weight excluding hydrogens is 335 g/mol. The first-order chi connectivity index (χ1) is 12.6. The Kier molecular flexibility index (Phi) is 3.94. The molecule has 26 heavy (non-hydrogen) atoms. The summed E-state index contributed by atoms with van der Waals surface area (Å²) in [5.41, 5.74) is 7.71. The summed E-state index contributed by atoms with van der Waals surface area (Å²) in [6.07, 6.45) is 3.31. The summed E-state index contributed by atoms with van der Waals surface area (Å²) in [7, 11) is 0. The Morgan fingerprint density at radius 3 is 2.81 bits per heavy atom. The van der Waals surface area contributed by atoms with Crippen molar-refractivity contribution in [2.75, 3.05) is 11.1 Å². The van der Waals surface area contributed by atoms with Crippen molar-refractivity contribution < 1.29 is 9.50 Å². The first-order valence-corrected chi connectivity index (χ1v) is 7.87. The predicted octanol–water partition coefficient (Wildman–Crippen LogP) is 2.77. The fraction of sp³-hybridized carbons (Fsp3) is 0.0556. The molecule has 0 saturated carbocycles. The molecule has 8 heteroatoms. The number of hydrogen-bond acceptors (Lipinski definition) is 6. The van der Waals surface area contributed by atoms with Gasteiger partial charge in [-0.2, -0.15) is 5.10 Å². The van der Waals surface area contributed by atoms with Gasteiger partial charge in [0.15, 0.2) is 0 Å². The molecule has 0 aliphatic rings. The van der Waals surface area contributed by atoms with Crippen LogP contribution < -0.4 is 11.1 Å². The molecule has 0 amide bonds. The van der Waals surface area contributed by atoms with Gasteiger partial charge < -0.3 is 16.2 Å². The fourth-order valence-electron chi connectivity index (χ4n) is 2.58. The topological polar surface area (TPSA) is 102 Å². The highest BCUT2D eigenvalue weighted by atomic mass is 19.1. The third kappa shape index (κ3) is 3.05. The van der Waals surface area contributed by atoms with Crippen LogP contribution in [-0.2, 0) is 6.61 Å². The summed E-state index contributed by atoms with van der Waals surface area (Å²) in [6.45, 7) is -0.165. The van der Waals surface area contributed by atoms with Crippen LogP contribution in [0.3, 0.4) is 0 Å². The van der Waals surface area contributed by atoms with Crippen LogP contribution in [0, 0.1) is 5.82 Å². The maximum Gasteiger partial charge on any atom is 0.148 e. The molecule has 4 aromatic rings. The van der Waals surface area contributed by atoms with E-state index >= 15 is 0 Å². The van der Waals surface area contributed by atoms with Gasteiger partial charge in [0.2, 0.25) is 0 Å². The number of nitrogens with one attached hydrogen (secondary N) is 1. The Morgan fingerprint density at radius 2 is 2.04 bits per heavy atom. The van der Waals surface area contributed by atoms with E-state index in [2.05, 4.69) is 20.4 Å². The van der Waals surface area contributed by atoms with E-state index in [1.807, 2.05) is 6.07 Å². The summed E-state index contributed by atoms with van der Waals surface area (Å²) in [4.78, 5) is 8.50. The summed E-state index contributed by atoms with van der Waals surface area (Å²) < 4.78 is 16.0. The van der Waals surface area contributed by atoms with Crippen LogP contribution in [0.15, 0.2) is 54.9 Å². The number of aromatic nitrogens is 4. The zero-order chi connectivity index (χ0) is 18.1. The van der Waals surface area contributed by atoms with Crippen molar-refractivity contribution >= 4 is 28.2 Å². The van der Waals surface area contributed by atoms with Gasteiger partial charge in [-0.3, -0.25) is 0 Å². The molecule has 0 saturated heterocycles. The molecule has 130 valence electrons. The Bertz CT molecular complexity index is 1090. The number of fused-ring (bicyclic) bond motifs is 1. The summed E-state index contributed by atoms with van der Waals surface area (Å²) in [6, 6.07) is 11.6. The minimum atomic E-state index is -0.453. The second-order valence-corrected chi connectivity index (χ2v) is 5.70. The van der Waals surface area contributed by atoms with E-state index < -0.39 is 5.82 Å². The van der Waals surface area contributed by atoms with Gasteiger partial charge in [-0.05, 0) is 30.3 Å². The van der Waals surface area contributed by atoms with E-state index in [1.54, 1.807) is 42.7 Å². The van der Waals surface area contributed by atoms with Crippen LogP contribution in [0.4, 0.5) is 21.7 Å². The van der Waals surface area contributed by atoms with Crippen LogP contribution in [0.1, 0.15) is 5.69 Å². The van der Waals surface area contributed by atoms with E-state index in [0.717, 1.165) is 5.39 Å². The van der Waals surface area contributed by atoms with E-state index in [9.17, 15) is 4.39 Å². The lowest BCUT2D eigenvalue weighted by Gasteiger charge is -2.09. The molecule has 0 spiro atoms. The van der Waals surface area contributed by atoms with Crippen molar-refractivity contribution in [3.63, 3.8) is 0 Å². The maximum atomic E-state index is 14.5. The third-order valence-corrected chi connectivity index (χ3v) is 3.88. The first-order valence-electron chi connectivity index (χ1n) is 7.87. The molecule has 3 heterocycles. The average Bonchev–Trinajstić information content (AvgIpc) is 3.12. The molecule has 1 aromatic carbocycles. The maximum absolute atomic E-state index is 14.5. The molecule has 4 N–H and O–H groups in total. The first kappa shape index (κ1) is 16.0. The second kappa shape index (κ2) is 6.41. The minimum absolute atomic E-state index is 0.165. The van der Waals surface area contributed by atoms with E-state index in [1.165, 1.54) is 10.7 Å². The molecule has 0 unspecified atom stereocenters. The van der Waals surface area contributed by atoms with E-state index in [0.29, 0.717) is 28.5 Å². The highest BCUT2D eigenvalue weighted by molar-refractivity contribution is 5.82. The number of rotatable bonds is 4. The number of nitrogens with zero attached hydrogens (tertiary/aromatic N) is 4. The molecule has 0 bridgehead atoms. The highest BCUT2D eigenvalue weighted by Gasteiger charge is 2.08. The summed E-state index contributed by atoms with van der Waals surface area (Å²) in [5.74, 6) is 0.418. The Hall–Kier alpha value is -3.52. The Morgan fingerprint density at radius 1 is 1.15 bits per heavy atom. The number of benzene rings is 1. The molecule has 7 nitrogen and oxygen atoms in total. The molecule has 0 radical (unpaired) electrons. The molecule has 0 atom stereocenters. The van der Waals surface area contributed by atoms with Crippen molar-refractivity contribution in [1.82, 2.24) is 19.7 Å². The Labute approximate surface area is 147 Å². The smallest absolute Gasteiger partial charge is 0.148 e. The number of nitrogen functional groups attached to an aromatic ring is 1. The quantitative estimate of drug-likeness (QED) is 0.523. The lowest BCUT2D eigenvalue weighted by Crippen LogP contribution is -2.01. The van der Waals surface area contributed by atoms with E-state index in [-0.39, 0.29) is 12.3 Å². The van der Waals surface area contributed by atoms with Gasteiger partial charge >= 0.3 is 0 Å². The van der Waals surface area contributed by atoms with Crippen molar-refractivity contribution in [3.05, 3.63) is 66.4 Å². The van der Waals surface area contributed by atoms with Gasteiger partial charge in [0.1, 0.15) is 17.5 Å². The normalized spacial score (nSPS) is 11.0. The number of pyridine rings is 2. The minimum Gasteiger partial charge on any atom is -0.390 e. The number of hydrogen-bond donors (Lipinski definition) is 3. The van der Waals surface area contributed by atoms with Crippen LogP contribution in [0.25, 0.3) is 16.6 Å². The van der Waals surface area contributed by atoms with Gasteiger partial charge in [-0.1, -0.05) is 0 Å². The molecule has 0 aliphatic carbocycles. The number of aliphatic hydroxyl groups excluding tert-OH is 1. The number of nitrogens with two attached hydrogens (primary N) is 1. The van der Waals surface area contributed by atoms with Gasteiger partial charge in [0, 0.05) is 29.9 Å². The molecule has 3 aromatic heterocycles. The number of anilines is 3. The average molecular weight is 350 g/mol. The van der Waals surface area contributed by atoms with Crippen molar-refractivity contribution in [1.29, 1.82) is 0 Å². The highest BCUT2D eigenvalue weighted by Crippen LogP contribution is 2.23. The largest absolute Gasteiger partial charge is 0.390 e. The summed E-state index contributed by atoms with van der Waals surface area (Å²) in [5, 5.41) is 17.0. The lowest BCUT2D eigenvalue weighted by molar-refractivity contribution is 0.276. The van der Waals surface area contributed by atoms with Crippen LogP contribution in [0.5, 0.6) is 0 Å². The fourth-order valence-corrected chi connectivity index (χ4v) is 2.58. The van der Waals surface area contributed by atoms with Gasteiger partial charge in [-0.15, -0.1) is 0 Å². The molecule has 0 fully saturated rings. The third-order valence-electron chi connectivity index (χ3n) is 3.88. The van der Waals surface area contributed by atoms with E-state index in [4.69, 9.17) is 10.8 Å². The zero-order valence-electron chi connectivity index (χ0n) is 13.6. The monoisotopic (exact) mass is 350 g/mol. The standard InChI is InChI=1S/C18H15FN6O/c19-14-7-13(25-6-5-12(10-26)24-25)2-3-15(14)23-18-8-16-11(9-21-18)1-4-17(20)22-16/h1-9,26H,10H2,(H2,20,22)(H,21,23). The van der Waals surface area contributed by atoms with Gasteiger partial charge in [0.05, 0.1) is 29.2 Å². The SMILES string of the molecule is Nc1ccc2cnc(Nc3ccc(-n4ccc(CO)n4)cc3F)cc2n1. The zero-order valence-corrected chi connectivity index (χ0v) is 13.6. The number of halogens is 1. The molecule has 0 aliphatic heterocycles. The van der Waals surface area contributed by atoms with Crippen LogP contribution in [0.2, 0.25) is 0 Å². The summed E-state index contributed by atoms with van der Waals surface area (Å²) >= 11 is 0. The lowest BCUT2D eigenvalue weighted by atomic mass is 10.2. The van der Waals surface area contributed by atoms with Gasteiger partial charge in [-0.25, -0.2) is 19.0 Å². The van der Waals surface area contributed by atoms with Crippen LogP contribution >= 0.6 is 0 Å². The number of aliphatic hydroxyl groups is 1. The molecular formula is C18H15FN6O. The second-order valence-electron chi connectivity index (χ2n) is 5.70. The predicted molar refractivity (Wildman–Crippen MR) is 96.7 cm³/mol. The van der Waals surface area contributed by atoms with Crippen molar-refractivity contribution in [2.45, 2.75) is 6.61 Å². The van der Waals surface area contributed by atoms with Crippen molar-refractivity contribution in [3.8, 4) is 5.69 Å². The molecule has 4 rings (SSSR count). The van der Waals surface area contributed by atoms with Gasteiger partial charge in [0.25, 0.3) is 0 Å².